The molecule has 1 unspecified atom stereocenters. The number of carbonyl (C=O) groups is 1. The lowest BCUT2D eigenvalue weighted by atomic mass is 10.1. The first kappa shape index (κ1) is 14.5. The van der Waals surface area contributed by atoms with Crippen LogP contribution in [0.3, 0.4) is 0 Å². The molecule has 0 fully saturated rings. The highest BCUT2D eigenvalue weighted by Gasteiger charge is 2.22. The molecule has 0 spiro atoms. The van der Waals surface area contributed by atoms with Crippen LogP contribution in [0.25, 0.3) is 0 Å². The monoisotopic (exact) mass is 297 g/mol. The summed E-state index contributed by atoms with van der Waals surface area (Å²) in [6, 6.07) is 3.73. The molecule has 0 aliphatic carbocycles. The fourth-order valence-electron chi connectivity index (χ4n) is 1.69. The molecule has 20 heavy (non-hydrogen) atoms. The number of hydrogen-bond acceptors (Lipinski definition) is 3. The minimum absolute atomic E-state index is 0.131. The molecule has 0 aliphatic heterocycles. The van der Waals surface area contributed by atoms with Crippen LogP contribution in [0.4, 0.5) is 10.1 Å². The first-order valence-corrected chi connectivity index (χ1v) is 6.20. The lowest BCUT2D eigenvalue weighted by molar-refractivity contribution is -0.124. The first-order valence-electron chi connectivity index (χ1n) is 5.82. The number of nitrogens with zero attached hydrogens (tertiary/aromatic N) is 2. The number of carbonyl (C=O) groups excluding carboxylic acids is 1. The number of aryl methyl sites for hydroxylation is 1. The molecule has 1 aromatic carbocycles. The number of hydrogen-bond donors (Lipinski definition) is 2. The van der Waals surface area contributed by atoms with Crippen molar-refractivity contribution in [1.29, 1.82) is 0 Å². The van der Waals surface area contributed by atoms with Crippen molar-refractivity contribution in [3.8, 4) is 0 Å². The van der Waals surface area contributed by atoms with Crippen molar-refractivity contribution in [2.75, 3.05) is 5.32 Å². The second-order valence-electron chi connectivity index (χ2n) is 4.32. The Labute approximate surface area is 120 Å². The lowest BCUT2D eigenvalue weighted by Crippen LogP contribution is -2.22. The maximum absolute atomic E-state index is 13.6. The van der Waals surface area contributed by atoms with Gasteiger partial charge in [0.1, 0.15) is 5.82 Å². The van der Waals surface area contributed by atoms with Crippen LogP contribution in [0.1, 0.15) is 17.4 Å². The molecule has 1 aromatic heterocycles. The van der Waals surface area contributed by atoms with Crippen molar-refractivity contribution in [1.82, 2.24) is 9.78 Å². The Hall–Kier alpha value is -1.92. The van der Waals surface area contributed by atoms with Gasteiger partial charge in [0.25, 0.3) is 5.91 Å². The average Bonchev–Trinajstić information content (AvgIpc) is 2.70. The van der Waals surface area contributed by atoms with Gasteiger partial charge in [-0.15, -0.1) is 0 Å². The van der Waals surface area contributed by atoms with Crippen LogP contribution in [0.5, 0.6) is 0 Å². The van der Waals surface area contributed by atoms with Gasteiger partial charge in [0.15, 0.2) is 6.10 Å². The summed E-state index contributed by atoms with van der Waals surface area (Å²) in [5, 5.41) is 16.6. The fourth-order valence-corrected chi connectivity index (χ4v) is 1.85. The number of anilines is 1. The second kappa shape index (κ2) is 5.60. The molecule has 2 aromatic rings. The largest absolute Gasteiger partial charge is 0.378 e. The number of aromatic nitrogens is 2. The number of aliphatic hydroxyl groups excluding tert-OH is 1. The molecule has 106 valence electrons. The van der Waals surface area contributed by atoms with E-state index in [1.54, 1.807) is 18.7 Å². The number of aliphatic hydroxyl groups is 1. The van der Waals surface area contributed by atoms with E-state index in [0.29, 0.717) is 5.69 Å². The molecule has 1 atom stereocenters. The van der Waals surface area contributed by atoms with Gasteiger partial charge in [-0.2, -0.15) is 5.10 Å². The van der Waals surface area contributed by atoms with Crippen molar-refractivity contribution < 1.29 is 14.3 Å². The van der Waals surface area contributed by atoms with Crippen molar-refractivity contribution in [3.63, 3.8) is 0 Å². The van der Waals surface area contributed by atoms with Crippen molar-refractivity contribution >= 4 is 23.2 Å². The molecular weight excluding hydrogens is 285 g/mol. The molecule has 0 aliphatic rings. The van der Waals surface area contributed by atoms with Gasteiger partial charge in [0.05, 0.1) is 17.6 Å². The van der Waals surface area contributed by atoms with Crippen LogP contribution in [-0.4, -0.2) is 20.8 Å². The summed E-state index contributed by atoms with van der Waals surface area (Å²) in [6.07, 6.45) is -0.162. The zero-order valence-corrected chi connectivity index (χ0v) is 11.6. The van der Waals surface area contributed by atoms with E-state index >= 15 is 0 Å². The molecule has 0 radical (unpaired) electrons. The molecule has 2 rings (SSSR count). The molecule has 5 nitrogen and oxygen atoms in total. The van der Waals surface area contributed by atoms with Gasteiger partial charge < -0.3 is 10.4 Å². The van der Waals surface area contributed by atoms with Gasteiger partial charge in [0, 0.05) is 17.6 Å². The van der Waals surface area contributed by atoms with Crippen LogP contribution >= 0.6 is 11.6 Å². The quantitative estimate of drug-likeness (QED) is 0.912. The van der Waals surface area contributed by atoms with Gasteiger partial charge in [0.2, 0.25) is 0 Å². The minimum atomic E-state index is -1.62. The lowest BCUT2D eigenvalue weighted by Gasteiger charge is -2.12. The summed E-state index contributed by atoms with van der Waals surface area (Å²) >= 11 is 5.62. The summed E-state index contributed by atoms with van der Waals surface area (Å²) in [4.78, 5) is 11.9. The van der Waals surface area contributed by atoms with E-state index < -0.39 is 17.8 Å². The third-order valence-corrected chi connectivity index (χ3v) is 3.23. The van der Waals surface area contributed by atoms with Gasteiger partial charge in [-0.05, 0) is 19.1 Å². The Morgan fingerprint density at radius 2 is 2.25 bits per heavy atom. The Balaban J connectivity index is 2.18. The molecule has 2 N–H and O–H groups in total. The molecular formula is C13H13ClFN3O2. The zero-order valence-electron chi connectivity index (χ0n) is 10.9. The molecule has 0 bridgehead atoms. The smallest absolute Gasteiger partial charge is 0.258 e. The molecule has 1 heterocycles. The van der Waals surface area contributed by atoms with E-state index in [4.69, 9.17) is 11.6 Å². The topological polar surface area (TPSA) is 67.2 Å². The van der Waals surface area contributed by atoms with Crippen molar-refractivity contribution in [3.05, 3.63) is 46.5 Å². The Morgan fingerprint density at radius 1 is 1.55 bits per heavy atom. The fraction of sp³-hybridized carbons (Fsp3) is 0.231. The highest BCUT2D eigenvalue weighted by molar-refractivity contribution is 6.30. The van der Waals surface area contributed by atoms with Gasteiger partial charge in [-0.25, -0.2) is 4.39 Å². The summed E-state index contributed by atoms with van der Waals surface area (Å²) < 4.78 is 15.2. The minimum Gasteiger partial charge on any atom is -0.378 e. The third kappa shape index (κ3) is 2.81. The molecule has 7 heteroatoms. The molecule has 1 amide bonds. The normalized spacial score (nSPS) is 12.2. The maximum Gasteiger partial charge on any atom is 0.258 e. The summed E-state index contributed by atoms with van der Waals surface area (Å²) in [6.45, 7) is 1.76. The van der Waals surface area contributed by atoms with Gasteiger partial charge in [-0.1, -0.05) is 17.7 Å². The maximum atomic E-state index is 13.6. The highest BCUT2D eigenvalue weighted by Crippen LogP contribution is 2.22. The van der Waals surface area contributed by atoms with E-state index in [9.17, 15) is 14.3 Å². The number of amides is 1. The molecule has 0 saturated heterocycles. The Kier molecular flexibility index (Phi) is 4.06. The summed E-state index contributed by atoms with van der Waals surface area (Å²) in [5.41, 5.74) is 1.06. The van der Waals surface area contributed by atoms with E-state index in [0.717, 1.165) is 11.8 Å². The van der Waals surface area contributed by atoms with Gasteiger partial charge >= 0.3 is 0 Å². The van der Waals surface area contributed by atoms with Crippen LogP contribution in [0.2, 0.25) is 5.02 Å². The van der Waals surface area contributed by atoms with E-state index in [2.05, 4.69) is 10.4 Å². The second-order valence-corrected chi connectivity index (χ2v) is 4.76. The SMILES string of the molecule is Cc1c(NC(=O)C(O)c2ccc(Cl)cc2F)cnn1C. The van der Waals surface area contributed by atoms with Gasteiger partial charge in [-0.3, -0.25) is 9.48 Å². The highest BCUT2D eigenvalue weighted by atomic mass is 35.5. The predicted octanol–water partition coefficient (Wildman–Crippen LogP) is 2.19. The Bertz CT molecular complexity index is 657. The van der Waals surface area contributed by atoms with Crippen molar-refractivity contribution in [2.24, 2.45) is 7.05 Å². The number of nitrogens with one attached hydrogen (secondary N) is 1. The average molecular weight is 298 g/mol. The summed E-state index contributed by atoms with van der Waals surface area (Å²) in [5.74, 6) is -1.47. The number of halogens is 2. The number of rotatable bonds is 3. The third-order valence-electron chi connectivity index (χ3n) is 3.00. The zero-order chi connectivity index (χ0) is 14.9. The van der Waals surface area contributed by atoms with Crippen molar-refractivity contribution in [2.45, 2.75) is 13.0 Å². The summed E-state index contributed by atoms with van der Waals surface area (Å²) in [7, 11) is 1.72. The Morgan fingerprint density at radius 3 is 2.80 bits per heavy atom. The first-order chi connectivity index (χ1) is 9.40. The van der Waals surface area contributed by atoms with E-state index in [1.165, 1.54) is 18.3 Å². The standard InChI is InChI=1S/C13H13ClFN3O2/c1-7-11(6-16-18(7)2)17-13(20)12(19)9-4-3-8(14)5-10(9)15/h3-6,12,19H,1-2H3,(H,17,20). The van der Waals surface area contributed by atoms with Crippen LogP contribution < -0.4 is 5.32 Å². The van der Waals surface area contributed by atoms with Crippen LogP contribution in [-0.2, 0) is 11.8 Å². The predicted molar refractivity (Wildman–Crippen MR) is 72.9 cm³/mol. The van der Waals surface area contributed by atoms with E-state index in [1.807, 2.05) is 0 Å². The molecule has 0 saturated carbocycles. The van der Waals surface area contributed by atoms with E-state index in [-0.39, 0.29) is 10.6 Å². The van der Waals surface area contributed by atoms with Crippen LogP contribution in [0, 0.1) is 12.7 Å². The number of benzene rings is 1. The van der Waals surface area contributed by atoms with Crippen LogP contribution in [0.15, 0.2) is 24.4 Å².